The Morgan fingerprint density at radius 1 is 0.714 bits per heavy atom. The Morgan fingerprint density at radius 2 is 1.14 bits per heavy atom. The van der Waals surface area contributed by atoms with E-state index in [0.29, 0.717) is 0 Å². The summed E-state index contributed by atoms with van der Waals surface area (Å²) in [4.78, 5) is 47.0. The van der Waals surface area contributed by atoms with Gasteiger partial charge in [-0.05, 0) is 0 Å². The van der Waals surface area contributed by atoms with Crippen molar-refractivity contribution in [3.05, 3.63) is 0 Å². The molecule has 1 heterocycles. The lowest BCUT2D eigenvalue weighted by Gasteiger charge is -2.42. The standard InChI is InChI=1S/C18H28O10/c1-5-11(19)24-9-10-15(26-12(20)6-2)16(27-13(21)7-3)17(18(23)25-10)28-14(22)8-4/h10,15-18,23H,5-9H2,1-4H3/t10-,15-,16+,17+,18+/m1/s1. The van der Waals surface area contributed by atoms with Crippen LogP contribution in [0.15, 0.2) is 0 Å². The Hall–Kier alpha value is -2.20. The summed E-state index contributed by atoms with van der Waals surface area (Å²) in [5.74, 6) is -2.48. The molecule has 5 atom stereocenters. The molecular weight excluding hydrogens is 376 g/mol. The van der Waals surface area contributed by atoms with Gasteiger partial charge in [0.25, 0.3) is 0 Å². The summed E-state index contributed by atoms with van der Waals surface area (Å²) in [6, 6.07) is 0. The zero-order valence-electron chi connectivity index (χ0n) is 16.5. The number of hydrogen-bond acceptors (Lipinski definition) is 10. The van der Waals surface area contributed by atoms with Crippen molar-refractivity contribution in [2.45, 2.75) is 84.1 Å². The van der Waals surface area contributed by atoms with E-state index in [1.54, 1.807) is 27.7 Å². The Morgan fingerprint density at radius 3 is 1.61 bits per heavy atom. The number of esters is 4. The fourth-order valence-corrected chi connectivity index (χ4v) is 2.41. The average Bonchev–Trinajstić information content (AvgIpc) is 2.69. The van der Waals surface area contributed by atoms with Gasteiger partial charge in [-0.15, -0.1) is 0 Å². The lowest BCUT2D eigenvalue weighted by atomic mass is 9.98. The minimum Gasteiger partial charge on any atom is -0.463 e. The number of aliphatic hydroxyl groups is 1. The van der Waals surface area contributed by atoms with Gasteiger partial charge in [0.2, 0.25) is 0 Å². The predicted octanol–water partition coefficient (Wildman–Crippen LogP) is 0.622. The van der Waals surface area contributed by atoms with Crippen LogP contribution in [0, 0.1) is 0 Å². The molecular formula is C18H28O10. The normalized spacial score (nSPS) is 26.8. The molecule has 1 aliphatic rings. The van der Waals surface area contributed by atoms with E-state index in [-0.39, 0.29) is 32.3 Å². The van der Waals surface area contributed by atoms with Gasteiger partial charge in [0, 0.05) is 25.7 Å². The van der Waals surface area contributed by atoms with Crippen LogP contribution in [-0.4, -0.2) is 66.3 Å². The Labute approximate surface area is 163 Å². The van der Waals surface area contributed by atoms with Crippen molar-refractivity contribution in [3.63, 3.8) is 0 Å². The van der Waals surface area contributed by atoms with Crippen molar-refractivity contribution in [2.24, 2.45) is 0 Å². The van der Waals surface area contributed by atoms with Crippen molar-refractivity contribution in [1.82, 2.24) is 0 Å². The third kappa shape index (κ3) is 6.75. The number of rotatable bonds is 9. The monoisotopic (exact) mass is 404 g/mol. The third-order valence-electron chi connectivity index (χ3n) is 3.98. The number of carbonyl (C=O) groups excluding carboxylic acids is 4. The molecule has 1 N–H and O–H groups in total. The van der Waals surface area contributed by atoms with Gasteiger partial charge >= 0.3 is 23.9 Å². The zero-order chi connectivity index (χ0) is 21.3. The minimum absolute atomic E-state index is 0.00578. The fraction of sp³-hybridized carbons (Fsp3) is 0.778. The molecule has 0 unspecified atom stereocenters. The molecule has 1 fully saturated rings. The van der Waals surface area contributed by atoms with Gasteiger partial charge in [-0.3, -0.25) is 19.2 Å². The van der Waals surface area contributed by atoms with Crippen molar-refractivity contribution in [1.29, 1.82) is 0 Å². The maximum atomic E-state index is 11.9. The van der Waals surface area contributed by atoms with Crippen molar-refractivity contribution in [3.8, 4) is 0 Å². The summed E-state index contributed by atoms with van der Waals surface area (Å²) in [5, 5.41) is 10.3. The first-order valence-corrected chi connectivity index (χ1v) is 9.34. The van der Waals surface area contributed by atoms with Gasteiger partial charge in [-0.1, -0.05) is 27.7 Å². The Balaban J connectivity index is 3.17. The van der Waals surface area contributed by atoms with Crippen LogP contribution >= 0.6 is 0 Å². The highest BCUT2D eigenvalue weighted by atomic mass is 16.7. The van der Waals surface area contributed by atoms with Gasteiger partial charge < -0.3 is 28.8 Å². The maximum Gasteiger partial charge on any atom is 0.306 e. The summed E-state index contributed by atoms with van der Waals surface area (Å²) in [6.07, 6.45) is -6.62. The van der Waals surface area contributed by atoms with E-state index < -0.39 is 54.6 Å². The largest absolute Gasteiger partial charge is 0.463 e. The first-order valence-electron chi connectivity index (χ1n) is 9.34. The molecule has 28 heavy (non-hydrogen) atoms. The number of carbonyl (C=O) groups is 4. The molecule has 1 saturated heterocycles. The Kier molecular flexibility index (Phi) is 9.88. The van der Waals surface area contributed by atoms with E-state index in [2.05, 4.69) is 0 Å². The molecule has 160 valence electrons. The summed E-state index contributed by atoms with van der Waals surface area (Å²) in [6.45, 7) is 5.92. The second-order valence-electron chi connectivity index (χ2n) is 6.03. The fourth-order valence-electron chi connectivity index (χ4n) is 2.41. The zero-order valence-corrected chi connectivity index (χ0v) is 16.5. The summed E-state index contributed by atoms with van der Waals surface area (Å²) in [5.41, 5.74) is 0. The summed E-state index contributed by atoms with van der Waals surface area (Å²) >= 11 is 0. The van der Waals surface area contributed by atoms with Gasteiger partial charge in [0.15, 0.2) is 24.6 Å². The van der Waals surface area contributed by atoms with Crippen LogP contribution in [0.2, 0.25) is 0 Å². The molecule has 0 aliphatic carbocycles. The van der Waals surface area contributed by atoms with E-state index in [9.17, 15) is 24.3 Å². The van der Waals surface area contributed by atoms with Crippen LogP contribution in [0.1, 0.15) is 53.4 Å². The third-order valence-corrected chi connectivity index (χ3v) is 3.98. The quantitative estimate of drug-likeness (QED) is 0.430. The van der Waals surface area contributed by atoms with Crippen molar-refractivity contribution >= 4 is 23.9 Å². The number of hydrogen-bond donors (Lipinski definition) is 1. The minimum atomic E-state index is -1.67. The van der Waals surface area contributed by atoms with Crippen LogP contribution in [0.3, 0.4) is 0 Å². The molecule has 0 radical (unpaired) electrons. The molecule has 0 aromatic rings. The van der Waals surface area contributed by atoms with Crippen LogP contribution < -0.4 is 0 Å². The summed E-state index contributed by atoms with van der Waals surface area (Å²) in [7, 11) is 0. The molecule has 0 bridgehead atoms. The molecule has 10 heteroatoms. The smallest absolute Gasteiger partial charge is 0.306 e. The predicted molar refractivity (Wildman–Crippen MR) is 92.6 cm³/mol. The lowest BCUT2D eigenvalue weighted by molar-refractivity contribution is -0.297. The van der Waals surface area contributed by atoms with Crippen LogP contribution in [0.5, 0.6) is 0 Å². The number of aliphatic hydroxyl groups excluding tert-OH is 1. The highest BCUT2D eigenvalue weighted by Crippen LogP contribution is 2.28. The van der Waals surface area contributed by atoms with Gasteiger partial charge in [-0.2, -0.15) is 0 Å². The maximum absolute atomic E-state index is 11.9. The molecule has 0 aromatic heterocycles. The van der Waals surface area contributed by atoms with E-state index in [4.69, 9.17) is 23.7 Å². The topological polar surface area (TPSA) is 135 Å². The molecule has 10 nitrogen and oxygen atoms in total. The van der Waals surface area contributed by atoms with Gasteiger partial charge in [-0.25, -0.2) is 0 Å². The molecule has 1 rings (SSSR count). The molecule has 0 saturated carbocycles. The highest BCUT2D eigenvalue weighted by Gasteiger charge is 2.52. The van der Waals surface area contributed by atoms with E-state index in [0.717, 1.165) is 0 Å². The van der Waals surface area contributed by atoms with Crippen molar-refractivity contribution < 1.29 is 48.0 Å². The van der Waals surface area contributed by atoms with E-state index in [1.165, 1.54) is 0 Å². The van der Waals surface area contributed by atoms with Crippen LogP contribution in [-0.2, 0) is 42.9 Å². The first-order chi connectivity index (χ1) is 13.3. The van der Waals surface area contributed by atoms with E-state index >= 15 is 0 Å². The van der Waals surface area contributed by atoms with Crippen LogP contribution in [0.25, 0.3) is 0 Å². The second-order valence-corrected chi connectivity index (χ2v) is 6.03. The highest BCUT2D eigenvalue weighted by molar-refractivity contribution is 5.71. The SMILES string of the molecule is CCC(=O)OC[C@H]1O[C@H](O)[C@@H](OC(=O)CC)[C@@H](OC(=O)CC)[C@@H]1OC(=O)CC. The molecule has 0 spiro atoms. The molecule has 0 amide bonds. The van der Waals surface area contributed by atoms with E-state index in [1.807, 2.05) is 0 Å². The van der Waals surface area contributed by atoms with Crippen LogP contribution in [0.4, 0.5) is 0 Å². The lowest BCUT2D eigenvalue weighted by Crippen LogP contribution is -2.62. The van der Waals surface area contributed by atoms with Gasteiger partial charge in [0.1, 0.15) is 12.7 Å². The average molecular weight is 404 g/mol. The number of ether oxygens (including phenoxy) is 5. The van der Waals surface area contributed by atoms with Crippen molar-refractivity contribution in [2.75, 3.05) is 6.61 Å². The second kappa shape index (κ2) is 11.6. The molecule has 1 aliphatic heterocycles. The summed E-state index contributed by atoms with van der Waals surface area (Å²) < 4.78 is 26.2. The van der Waals surface area contributed by atoms with Gasteiger partial charge in [0.05, 0.1) is 0 Å². The first kappa shape index (κ1) is 23.8. The molecule has 0 aromatic carbocycles. The Bertz CT molecular complexity index is 561.